The van der Waals surface area contributed by atoms with Crippen molar-refractivity contribution in [1.82, 2.24) is 4.90 Å². The Morgan fingerprint density at radius 2 is 1.76 bits per heavy atom. The summed E-state index contributed by atoms with van der Waals surface area (Å²) in [4.78, 5) is 40.5. The second kappa shape index (κ2) is 8.43. The molecule has 7 nitrogen and oxygen atoms in total. The number of piperidine rings is 1. The van der Waals surface area contributed by atoms with Gasteiger partial charge in [-0.15, -0.1) is 0 Å². The molecular weight excluding hydrogens is 372 g/mol. The molecule has 158 valence electrons. The molecule has 0 N–H and O–H groups in total. The highest BCUT2D eigenvalue weighted by atomic mass is 16.6. The van der Waals surface area contributed by atoms with Gasteiger partial charge in [0.25, 0.3) is 5.91 Å². The average molecular weight is 402 g/mol. The Morgan fingerprint density at radius 3 is 2.41 bits per heavy atom. The summed E-state index contributed by atoms with van der Waals surface area (Å²) < 4.78 is 10.7. The van der Waals surface area contributed by atoms with Crippen molar-refractivity contribution in [2.24, 2.45) is 5.92 Å². The second-order valence-electron chi connectivity index (χ2n) is 8.79. The SMILES string of the molecule is C[C@@H]1Cc2ccccc2N1C(=O)COC(=O)C1CCN(C(=O)OC(C)(C)C)CC1. The molecule has 0 radical (unpaired) electrons. The smallest absolute Gasteiger partial charge is 0.410 e. The predicted octanol–water partition coefficient (Wildman–Crippen LogP) is 3.15. The van der Waals surface area contributed by atoms with E-state index in [1.807, 2.05) is 52.0 Å². The number of amides is 2. The van der Waals surface area contributed by atoms with E-state index in [2.05, 4.69) is 0 Å². The Bertz CT molecular complexity index is 778. The molecule has 0 aliphatic carbocycles. The van der Waals surface area contributed by atoms with Crippen LogP contribution in [0.4, 0.5) is 10.5 Å². The van der Waals surface area contributed by atoms with Gasteiger partial charge in [-0.1, -0.05) is 18.2 Å². The number of likely N-dealkylation sites (tertiary alicyclic amines) is 1. The molecule has 0 unspecified atom stereocenters. The molecule has 0 aromatic heterocycles. The summed E-state index contributed by atoms with van der Waals surface area (Å²) in [5.74, 6) is -0.880. The van der Waals surface area contributed by atoms with Crippen molar-refractivity contribution in [2.75, 3.05) is 24.6 Å². The lowest BCUT2D eigenvalue weighted by Crippen LogP contribution is -2.44. The summed E-state index contributed by atoms with van der Waals surface area (Å²) >= 11 is 0. The number of nitrogens with zero attached hydrogens (tertiary/aromatic N) is 2. The maximum absolute atomic E-state index is 12.7. The van der Waals surface area contributed by atoms with E-state index in [0.717, 1.165) is 17.7 Å². The number of ether oxygens (including phenoxy) is 2. The number of anilines is 1. The zero-order valence-electron chi connectivity index (χ0n) is 17.6. The highest BCUT2D eigenvalue weighted by Gasteiger charge is 2.33. The van der Waals surface area contributed by atoms with Gasteiger partial charge in [0.05, 0.1) is 5.92 Å². The van der Waals surface area contributed by atoms with Crippen LogP contribution in [0.15, 0.2) is 24.3 Å². The van der Waals surface area contributed by atoms with Gasteiger partial charge in [0.15, 0.2) is 6.61 Å². The van der Waals surface area contributed by atoms with Gasteiger partial charge in [-0.25, -0.2) is 4.79 Å². The number of rotatable bonds is 3. The zero-order chi connectivity index (χ0) is 21.2. The normalized spacial score (nSPS) is 19.7. The van der Waals surface area contributed by atoms with Gasteiger partial charge in [0.2, 0.25) is 0 Å². The summed E-state index contributed by atoms with van der Waals surface area (Å²) in [7, 11) is 0. The van der Waals surface area contributed by atoms with E-state index in [1.165, 1.54) is 0 Å². The third-order valence-corrected chi connectivity index (χ3v) is 5.29. The third-order valence-electron chi connectivity index (χ3n) is 5.29. The van der Waals surface area contributed by atoms with Crippen LogP contribution in [0.2, 0.25) is 0 Å². The zero-order valence-corrected chi connectivity index (χ0v) is 17.6. The van der Waals surface area contributed by atoms with Crippen LogP contribution < -0.4 is 4.90 Å². The van der Waals surface area contributed by atoms with Crippen molar-refractivity contribution in [3.63, 3.8) is 0 Å². The molecule has 2 aliphatic rings. The van der Waals surface area contributed by atoms with Crippen molar-refractivity contribution in [1.29, 1.82) is 0 Å². The van der Waals surface area contributed by atoms with Crippen LogP contribution in [0.5, 0.6) is 0 Å². The first kappa shape index (κ1) is 21.1. The topological polar surface area (TPSA) is 76.2 Å². The van der Waals surface area contributed by atoms with Gasteiger partial charge >= 0.3 is 12.1 Å². The third kappa shape index (κ3) is 5.08. The molecule has 1 atom stereocenters. The molecule has 1 aromatic rings. The van der Waals surface area contributed by atoms with Crippen LogP contribution in [0, 0.1) is 5.92 Å². The van der Waals surface area contributed by atoms with E-state index >= 15 is 0 Å². The molecule has 1 saturated heterocycles. The minimum Gasteiger partial charge on any atom is -0.455 e. The fourth-order valence-corrected chi connectivity index (χ4v) is 3.89. The minimum absolute atomic E-state index is 0.0515. The van der Waals surface area contributed by atoms with E-state index in [-0.39, 0.29) is 36.5 Å². The first-order chi connectivity index (χ1) is 13.7. The first-order valence-corrected chi connectivity index (χ1v) is 10.2. The number of carbonyl (C=O) groups excluding carboxylic acids is 3. The number of benzene rings is 1. The Morgan fingerprint density at radius 1 is 1.10 bits per heavy atom. The van der Waals surface area contributed by atoms with Crippen molar-refractivity contribution in [2.45, 2.75) is 58.6 Å². The fraction of sp³-hybridized carbons (Fsp3) is 0.591. The predicted molar refractivity (Wildman–Crippen MR) is 109 cm³/mol. The number of carbonyl (C=O) groups is 3. The molecule has 0 spiro atoms. The van der Waals surface area contributed by atoms with E-state index in [1.54, 1.807) is 9.80 Å². The van der Waals surface area contributed by atoms with Crippen molar-refractivity contribution >= 4 is 23.7 Å². The number of para-hydroxylation sites is 1. The maximum Gasteiger partial charge on any atom is 0.410 e. The number of hydrogen-bond donors (Lipinski definition) is 0. The molecule has 7 heteroatoms. The molecule has 0 bridgehead atoms. The van der Waals surface area contributed by atoms with Gasteiger partial charge in [0, 0.05) is 24.8 Å². The largest absolute Gasteiger partial charge is 0.455 e. The lowest BCUT2D eigenvalue weighted by atomic mass is 9.97. The molecule has 2 aliphatic heterocycles. The second-order valence-corrected chi connectivity index (χ2v) is 8.79. The fourth-order valence-electron chi connectivity index (χ4n) is 3.89. The van der Waals surface area contributed by atoms with Crippen LogP contribution in [0.3, 0.4) is 0 Å². The molecule has 3 rings (SSSR count). The van der Waals surface area contributed by atoms with Gasteiger partial charge in [-0.2, -0.15) is 0 Å². The summed E-state index contributed by atoms with van der Waals surface area (Å²) in [5.41, 5.74) is 1.49. The van der Waals surface area contributed by atoms with Crippen LogP contribution in [0.25, 0.3) is 0 Å². The Labute approximate surface area is 171 Å². The number of esters is 1. The molecule has 2 heterocycles. The van der Waals surface area contributed by atoms with E-state index in [9.17, 15) is 14.4 Å². The number of hydrogen-bond acceptors (Lipinski definition) is 5. The Hall–Kier alpha value is -2.57. The first-order valence-electron chi connectivity index (χ1n) is 10.2. The van der Waals surface area contributed by atoms with Crippen LogP contribution in [0.1, 0.15) is 46.1 Å². The molecular formula is C22H30N2O5. The monoisotopic (exact) mass is 402 g/mol. The summed E-state index contributed by atoms with van der Waals surface area (Å²) in [6.45, 7) is 8.09. The standard InChI is InChI=1S/C22H30N2O5/c1-15-13-17-7-5-6-8-18(17)24(15)19(25)14-28-20(26)16-9-11-23(12-10-16)21(27)29-22(2,3)4/h5-8,15-16H,9-14H2,1-4H3/t15-/m1/s1. The van der Waals surface area contributed by atoms with Gasteiger partial charge < -0.3 is 19.3 Å². The lowest BCUT2D eigenvalue weighted by molar-refractivity contribution is -0.153. The number of fused-ring (bicyclic) bond motifs is 1. The Kier molecular flexibility index (Phi) is 6.15. The van der Waals surface area contributed by atoms with E-state index in [0.29, 0.717) is 25.9 Å². The van der Waals surface area contributed by atoms with Gasteiger partial charge in [0.1, 0.15) is 5.60 Å². The molecule has 1 aromatic carbocycles. The highest BCUT2D eigenvalue weighted by Crippen LogP contribution is 2.32. The minimum atomic E-state index is -0.543. The van der Waals surface area contributed by atoms with E-state index < -0.39 is 5.60 Å². The Balaban J connectivity index is 1.47. The molecule has 0 saturated carbocycles. The molecule has 29 heavy (non-hydrogen) atoms. The quantitative estimate of drug-likeness (QED) is 0.726. The summed E-state index contributed by atoms with van der Waals surface area (Å²) in [6.07, 6.45) is 1.46. The summed E-state index contributed by atoms with van der Waals surface area (Å²) in [6, 6.07) is 7.86. The average Bonchev–Trinajstić information content (AvgIpc) is 3.00. The lowest BCUT2D eigenvalue weighted by Gasteiger charge is -2.32. The van der Waals surface area contributed by atoms with Gasteiger partial charge in [-0.3, -0.25) is 9.59 Å². The van der Waals surface area contributed by atoms with Crippen molar-refractivity contribution in [3.05, 3.63) is 29.8 Å². The van der Waals surface area contributed by atoms with Crippen LogP contribution in [-0.4, -0.2) is 54.2 Å². The van der Waals surface area contributed by atoms with Gasteiger partial charge in [-0.05, 0) is 58.6 Å². The van der Waals surface area contributed by atoms with Crippen molar-refractivity contribution < 1.29 is 23.9 Å². The van der Waals surface area contributed by atoms with Crippen molar-refractivity contribution in [3.8, 4) is 0 Å². The molecule has 1 fully saturated rings. The van der Waals surface area contributed by atoms with E-state index in [4.69, 9.17) is 9.47 Å². The van der Waals surface area contributed by atoms with Crippen LogP contribution in [-0.2, 0) is 25.5 Å². The molecule has 2 amide bonds. The maximum atomic E-state index is 12.7. The summed E-state index contributed by atoms with van der Waals surface area (Å²) in [5, 5.41) is 0. The van der Waals surface area contributed by atoms with Crippen LogP contribution >= 0.6 is 0 Å². The highest BCUT2D eigenvalue weighted by molar-refractivity contribution is 5.97.